The first kappa shape index (κ1) is 19.2. The van der Waals surface area contributed by atoms with E-state index < -0.39 is 17.2 Å². The molecule has 0 fully saturated rings. The van der Waals surface area contributed by atoms with Gasteiger partial charge in [0.05, 0.1) is 36.6 Å². The summed E-state index contributed by atoms with van der Waals surface area (Å²) in [7, 11) is 3.18. The van der Waals surface area contributed by atoms with Gasteiger partial charge >= 0.3 is 5.97 Å². The second kappa shape index (κ2) is 8.38. The van der Waals surface area contributed by atoms with Crippen LogP contribution in [0.25, 0.3) is 10.9 Å². The van der Waals surface area contributed by atoms with E-state index in [0.717, 1.165) is 16.5 Å². The molecule has 3 aromatic rings. The molecule has 3 rings (SSSR count). The largest absolute Gasteiger partial charge is 0.465 e. The molecule has 0 spiro atoms. The van der Waals surface area contributed by atoms with Crippen LogP contribution in [0.4, 0.5) is 0 Å². The van der Waals surface area contributed by atoms with Crippen LogP contribution in [0.15, 0.2) is 42.7 Å². The number of hydrogen-bond acceptors (Lipinski definition) is 5. The Morgan fingerprint density at radius 3 is 2.78 bits per heavy atom. The van der Waals surface area contributed by atoms with Crippen LogP contribution < -0.4 is 0 Å². The number of pyridine rings is 1. The van der Waals surface area contributed by atoms with Gasteiger partial charge in [0, 0.05) is 25.2 Å². The highest BCUT2D eigenvalue weighted by molar-refractivity contribution is 7.76. The van der Waals surface area contributed by atoms with Gasteiger partial charge in [-0.1, -0.05) is 12.1 Å². The molecule has 0 saturated heterocycles. The van der Waals surface area contributed by atoms with Gasteiger partial charge in [0.2, 0.25) is 11.3 Å². The highest BCUT2D eigenvalue weighted by Crippen LogP contribution is 2.16. The summed E-state index contributed by atoms with van der Waals surface area (Å²) in [4.78, 5) is 15.6. The van der Waals surface area contributed by atoms with E-state index >= 15 is 0 Å². The van der Waals surface area contributed by atoms with Gasteiger partial charge in [-0.05, 0) is 30.2 Å². The first-order chi connectivity index (χ1) is 13.0. The summed E-state index contributed by atoms with van der Waals surface area (Å²) < 4.78 is 29.1. The molecule has 0 aliphatic heterocycles. The van der Waals surface area contributed by atoms with Crippen LogP contribution >= 0.6 is 0 Å². The standard InChI is InChI=1S/C18H20N4O4S/c1-21-17-9-13(3-4-14(17)11-20-21)7-8-22(27(24)25)12-16-6-5-15(10-19-16)18(23)26-2/h3-6,9-11H,7-8,12H2,1-2H3,(H,24,25). The second-order valence-electron chi connectivity index (χ2n) is 6.04. The Labute approximate surface area is 159 Å². The minimum Gasteiger partial charge on any atom is -0.465 e. The minimum atomic E-state index is -2.13. The maximum atomic E-state index is 11.7. The van der Waals surface area contributed by atoms with E-state index in [-0.39, 0.29) is 6.54 Å². The van der Waals surface area contributed by atoms with Crippen molar-refractivity contribution in [3.63, 3.8) is 0 Å². The zero-order valence-corrected chi connectivity index (χ0v) is 15.8. The van der Waals surface area contributed by atoms with Gasteiger partial charge < -0.3 is 4.74 Å². The monoisotopic (exact) mass is 388 g/mol. The summed E-state index contributed by atoms with van der Waals surface area (Å²) in [6.45, 7) is 0.575. The molecule has 2 heterocycles. The molecule has 142 valence electrons. The molecule has 8 nitrogen and oxygen atoms in total. The van der Waals surface area contributed by atoms with Crippen molar-refractivity contribution in [2.24, 2.45) is 7.05 Å². The molecule has 0 bridgehead atoms. The molecular weight excluding hydrogens is 368 g/mol. The van der Waals surface area contributed by atoms with Gasteiger partial charge in [-0.2, -0.15) is 9.40 Å². The molecule has 0 aliphatic carbocycles. The number of carbonyl (C=O) groups excluding carboxylic acids is 1. The van der Waals surface area contributed by atoms with E-state index in [9.17, 15) is 13.6 Å². The second-order valence-corrected chi connectivity index (χ2v) is 7.01. The maximum Gasteiger partial charge on any atom is 0.339 e. The number of nitrogens with zero attached hydrogens (tertiary/aromatic N) is 4. The minimum absolute atomic E-state index is 0.193. The molecule has 0 aliphatic rings. The molecule has 1 unspecified atom stereocenters. The van der Waals surface area contributed by atoms with Gasteiger partial charge in [0.15, 0.2) is 0 Å². The van der Waals surface area contributed by atoms with Crippen molar-refractivity contribution >= 4 is 28.1 Å². The molecule has 1 aromatic carbocycles. The van der Waals surface area contributed by atoms with E-state index in [1.807, 2.05) is 25.2 Å². The molecule has 0 radical (unpaired) electrons. The zero-order chi connectivity index (χ0) is 19.4. The summed E-state index contributed by atoms with van der Waals surface area (Å²) in [6.07, 6.45) is 3.81. The number of carbonyl (C=O) groups is 1. The Balaban J connectivity index is 1.67. The van der Waals surface area contributed by atoms with Gasteiger partial charge in [0.1, 0.15) is 0 Å². The fourth-order valence-corrected chi connectivity index (χ4v) is 3.24. The third-order valence-corrected chi connectivity index (χ3v) is 5.02. The predicted octanol–water partition coefficient (Wildman–Crippen LogP) is 1.94. The number of esters is 1. The average Bonchev–Trinajstić information content (AvgIpc) is 3.05. The fourth-order valence-electron chi connectivity index (χ4n) is 2.75. The Morgan fingerprint density at radius 1 is 1.30 bits per heavy atom. The van der Waals surface area contributed by atoms with Crippen LogP contribution in [0, 0.1) is 0 Å². The van der Waals surface area contributed by atoms with Gasteiger partial charge in [-0.25, -0.2) is 9.00 Å². The number of aryl methyl sites for hydroxylation is 1. The van der Waals surface area contributed by atoms with Crippen molar-refractivity contribution < 1.29 is 18.3 Å². The van der Waals surface area contributed by atoms with E-state index in [4.69, 9.17) is 0 Å². The number of rotatable bonds is 7. The van der Waals surface area contributed by atoms with E-state index in [0.29, 0.717) is 24.2 Å². The van der Waals surface area contributed by atoms with Gasteiger partial charge in [0.25, 0.3) is 0 Å². The van der Waals surface area contributed by atoms with Crippen molar-refractivity contribution in [3.8, 4) is 0 Å². The summed E-state index contributed by atoms with van der Waals surface area (Å²) in [5.74, 6) is -0.470. The number of ether oxygens (including phenoxy) is 1. The lowest BCUT2D eigenvalue weighted by atomic mass is 10.1. The molecule has 2 aromatic heterocycles. The topological polar surface area (TPSA) is 97.6 Å². The van der Waals surface area contributed by atoms with Crippen LogP contribution in [-0.2, 0) is 36.0 Å². The number of aromatic nitrogens is 3. The smallest absolute Gasteiger partial charge is 0.339 e. The van der Waals surface area contributed by atoms with E-state index in [1.165, 1.54) is 17.6 Å². The van der Waals surface area contributed by atoms with Crippen molar-refractivity contribution in [1.82, 2.24) is 19.1 Å². The quantitative estimate of drug-likeness (QED) is 0.491. The normalized spacial score (nSPS) is 12.4. The summed E-state index contributed by atoms with van der Waals surface area (Å²) in [5.41, 5.74) is 2.99. The number of benzene rings is 1. The third-order valence-electron chi connectivity index (χ3n) is 4.27. The van der Waals surface area contributed by atoms with Crippen LogP contribution in [0.2, 0.25) is 0 Å². The molecule has 0 saturated carbocycles. The molecule has 0 amide bonds. The molecular formula is C18H20N4O4S. The fraction of sp³-hybridized carbons (Fsp3) is 0.278. The molecule has 1 N–H and O–H groups in total. The predicted molar refractivity (Wildman–Crippen MR) is 101 cm³/mol. The highest BCUT2D eigenvalue weighted by atomic mass is 32.2. The first-order valence-corrected chi connectivity index (χ1v) is 9.34. The van der Waals surface area contributed by atoms with Crippen LogP contribution in [0.1, 0.15) is 21.6 Å². The van der Waals surface area contributed by atoms with Crippen LogP contribution in [0.3, 0.4) is 0 Å². The van der Waals surface area contributed by atoms with Crippen molar-refractivity contribution in [1.29, 1.82) is 0 Å². The van der Waals surface area contributed by atoms with Gasteiger partial charge in [-0.15, -0.1) is 0 Å². The third kappa shape index (κ3) is 4.57. The molecule has 1 atom stereocenters. The SMILES string of the molecule is COC(=O)c1ccc(CN(CCc2ccc3cnn(C)c3c2)S(=O)O)nc1. The van der Waals surface area contributed by atoms with E-state index in [2.05, 4.69) is 14.8 Å². The van der Waals surface area contributed by atoms with E-state index in [1.54, 1.807) is 23.0 Å². The molecule has 9 heteroatoms. The Morgan fingerprint density at radius 2 is 2.11 bits per heavy atom. The number of fused-ring (bicyclic) bond motifs is 1. The van der Waals surface area contributed by atoms with Gasteiger partial charge in [-0.3, -0.25) is 14.2 Å². The Kier molecular flexibility index (Phi) is 5.94. The molecule has 27 heavy (non-hydrogen) atoms. The number of methoxy groups -OCH3 is 1. The average molecular weight is 388 g/mol. The Hall–Kier alpha value is -2.62. The van der Waals surface area contributed by atoms with Crippen molar-refractivity contribution in [3.05, 3.63) is 59.5 Å². The summed E-state index contributed by atoms with van der Waals surface area (Å²) in [6, 6.07) is 9.25. The highest BCUT2D eigenvalue weighted by Gasteiger charge is 2.14. The summed E-state index contributed by atoms with van der Waals surface area (Å²) in [5, 5.41) is 5.27. The lowest BCUT2D eigenvalue weighted by Gasteiger charge is -2.17. The zero-order valence-electron chi connectivity index (χ0n) is 15.0. The van der Waals surface area contributed by atoms with Crippen molar-refractivity contribution in [2.75, 3.05) is 13.7 Å². The first-order valence-electron chi connectivity index (χ1n) is 8.27. The Bertz CT molecular complexity index is 971. The maximum absolute atomic E-state index is 11.7. The van der Waals surface area contributed by atoms with Crippen molar-refractivity contribution in [2.45, 2.75) is 13.0 Å². The lowest BCUT2D eigenvalue weighted by molar-refractivity contribution is 0.0600. The number of hydrogen-bond donors (Lipinski definition) is 1. The summed E-state index contributed by atoms with van der Waals surface area (Å²) >= 11 is -2.13. The lowest BCUT2D eigenvalue weighted by Crippen LogP contribution is -2.28. The van der Waals surface area contributed by atoms with Crippen LogP contribution in [-0.4, -0.2) is 47.5 Å². The van der Waals surface area contributed by atoms with Crippen LogP contribution in [0.5, 0.6) is 0 Å².